The average molecular weight is 378 g/mol. The van der Waals surface area contributed by atoms with Crippen LogP contribution in [0.5, 0.6) is 0 Å². The van der Waals surface area contributed by atoms with Gasteiger partial charge in [0.2, 0.25) is 0 Å². The zero-order valence-corrected chi connectivity index (χ0v) is 15.1. The fourth-order valence-electron chi connectivity index (χ4n) is 4.41. The highest BCUT2D eigenvalue weighted by molar-refractivity contribution is 6.29. The molecular formula is C19H18ClF2N3O. The molecule has 2 bridgehead atoms. The van der Waals surface area contributed by atoms with Gasteiger partial charge in [-0.3, -0.25) is 9.48 Å². The summed E-state index contributed by atoms with van der Waals surface area (Å²) in [6.45, 7) is 1.90. The Bertz CT molecular complexity index is 931. The van der Waals surface area contributed by atoms with Crippen LogP contribution in [0, 0.1) is 0 Å². The SMILES string of the molecule is CC(Cl)=C1C2CCC1c1c(NC(=O)c3cn(C)nc3C(F)F)cccc12. The second-order valence-electron chi connectivity index (χ2n) is 6.84. The van der Waals surface area contributed by atoms with Gasteiger partial charge in [-0.25, -0.2) is 8.78 Å². The molecule has 1 aromatic carbocycles. The van der Waals surface area contributed by atoms with Gasteiger partial charge in [-0.1, -0.05) is 23.7 Å². The van der Waals surface area contributed by atoms with Gasteiger partial charge < -0.3 is 5.32 Å². The van der Waals surface area contributed by atoms with Crippen molar-refractivity contribution in [3.05, 3.63) is 57.4 Å². The molecule has 1 aromatic heterocycles. The van der Waals surface area contributed by atoms with Gasteiger partial charge in [-0.05, 0) is 42.5 Å². The highest BCUT2D eigenvalue weighted by atomic mass is 35.5. The zero-order chi connectivity index (χ0) is 18.6. The molecule has 4 nitrogen and oxygen atoms in total. The van der Waals surface area contributed by atoms with Gasteiger partial charge in [-0.15, -0.1) is 0 Å². The molecule has 136 valence electrons. The number of aryl methyl sites for hydroxylation is 1. The molecule has 0 spiro atoms. The third-order valence-electron chi connectivity index (χ3n) is 5.31. The Hall–Kier alpha value is -2.21. The number of nitrogens with zero attached hydrogens (tertiary/aromatic N) is 2. The first-order chi connectivity index (χ1) is 12.4. The van der Waals surface area contributed by atoms with Crippen LogP contribution in [0.25, 0.3) is 0 Å². The topological polar surface area (TPSA) is 46.9 Å². The van der Waals surface area contributed by atoms with Gasteiger partial charge in [0.05, 0.1) is 5.56 Å². The lowest BCUT2D eigenvalue weighted by atomic mass is 9.90. The summed E-state index contributed by atoms with van der Waals surface area (Å²) in [6, 6.07) is 5.76. The van der Waals surface area contributed by atoms with Crippen LogP contribution in [0.2, 0.25) is 0 Å². The van der Waals surface area contributed by atoms with E-state index in [4.69, 9.17) is 11.6 Å². The zero-order valence-electron chi connectivity index (χ0n) is 14.4. The first-order valence-electron chi connectivity index (χ1n) is 8.50. The molecule has 2 aromatic rings. The average Bonchev–Trinajstić information content (AvgIpc) is 3.26. The van der Waals surface area contributed by atoms with Crippen molar-refractivity contribution in [1.82, 2.24) is 9.78 Å². The summed E-state index contributed by atoms with van der Waals surface area (Å²) in [5.41, 5.74) is 3.52. The van der Waals surface area contributed by atoms with Crippen molar-refractivity contribution in [1.29, 1.82) is 0 Å². The Morgan fingerprint density at radius 3 is 2.77 bits per heavy atom. The largest absolute Gasteiger partial charge is 0.322 e. The number of allylic oxidation sites excluding steroid dienone is 2. The summed E-state index contributed by atoms with van der Waals surface area (Å²) in [5, 5.41) is 7.32. The number of hydrogen-bond donors (Lipinski definition) is 1. The molecular weight excluding hydrogens is 360 g/mol. The molecule has 26 heavy (non-hydrogen) atoms. The molecule has 1 saturated carbocycles. The van der Waals surface area contributed by atoms with Crippen molar-refractivity contribution in [3.8, 4) is 0 Å². The summed E-state index contributed by atoms with van der Waals surface area (Å²) < 4.78 is 27.5. The molecule has 0 saturated heterocycles. The third-order valence-corrected chi connectivity index (χ3v) is 5.53. The van der Waals surface area contributed by atoms with Crippen LogP contribution >= 0.6 is 11.6 Å². The van der Waals surface area contributed by atoms with Crippen molar-refractivity contribution in [2.45, 2.75) is 38.0 Å². The van der Waals surface area contributed by atoms with Gasteiger partial charge in [0.1, 0.15) is 5.69 Å². The summed E-state index contributed by atoms with van der Waals surface area (Å²) in [4.78, 5) is 12.6. The number of fused-ring (bicyclic) bond motifs is 5. The lowest BCUT2D eigenvalue weighted by Gasteiger charge is -2.18. The summed E-state index contributed by atoms with van der Waals surface area (Å²) in [7, 11) is 1.52. The van der Waals surface area contributed by atoms with Crippen molar-refractivity contribution in [2.75, 3.05) is 5.32 Å². The van der Waals surface area contributed by atoms with Crippen molar-refractivity contribution in [3.63, 3.8) is 0 Å². The van der Waals surface area contributed by atoms with E-state index in [1.165, 1.54) is 29.1 Å². The summed E-state index contributed by atoms with van der Waals surface area (Å²) in [6.07, 6.45) is 0.550. The number of hydrogen-bond acceptors (Lipinski definition) is 2. The van der Waals surface area contributed by atoms with Crippen LogP contribution in [-0.2, 0) is 7.05 Å². The van der Waals surface area contributed by atoms with Gasteiger partial charge in [0.25, 0.3) is 12.3 Å². The summed E-state index contributed by atoms with van der Waals surface area (Å²) >= 11 is 6.31. The highest BCUT2D eigenvalue weighted by Crippen LogP contribution is 2.60. The number of anilines is 1. The van der Waals surface area contributed by atoms with E-state index in [0.29, 0.717) is 11.6 Å². The Kier molecular flexibility index (Phi) is 4.10. The molecule has 1 N–H and O–H groups in total. The quantitative estimate of drug-likeness (QED) is 0.809. The number of alkyl halides is 2. The first-order valence-corrected chi connectivity index (χ1v) is 8.88. The number of amides is 1. The van der Waals surface area contributed by atoms with Crippen molar-refractivity contribution < 1.29 is 13.6 Å². The van der Waals surface area contributed by atoms with Gasteiger partial charge in [0.15, 0.2) is 0 Å². The van der Waals surface area contributed by atoms with Crippen molar-refractivity contribution >= 4 is 23.2 Å². The van der Waals surface area contributed by atoms with Gasteiger partial charge in [0, 0.05) is 35.8 Å². The van der Waals surface area contributed by atoms with E-state index in [9.17, 15) is 13.6 Å². The normalized spacial score (nSPS) is 22.7. The number of carbonyl (C=O) groups is 1. The van der Waals surface area contributed by atoms with E-state index in [1.54, 1.807) is 0 Å². The van der Waals surface area contributed by atoms with Crippen LogP contribution < -0.4 is 5.32 Å². The molecule has 2 atom stereocenters. The Balaban J connectivity index is 1.71. The van der Waals surface area contributed by atoms with Gasteiger partial charge in [-0.2, -0.15) is 5.10 Å². The Labute approximate surface area is 154 Å². The molecule has 2 aliphatic carbocycles. The molecule has 0 radical (unpaired) electrons. The van der Waals surface area contributed by atoms with E-state index in [-0.39, 0.29) is 11.5 Å². The van der Waals surface area contributed by atoms with E-state index in [2.05, 4.69) is 16.5 Å². The predicted octanol–water partition coefficient (Wildman–Crippen LogP) is 5.10. The molecule has 0 aliphatic heterocycles. The van der Waals surface area contributed by atoms with Crippen LogP contribution in [0.15, 0.2) is 35.0 Å². The van der Waals surface area contributed by atoms with Gasteiger partial charge >= 0.3 is 0 Å². The maximum Gasteiger partial charge on any atom is 0.282 e. The van der Waals surface area contributed by atoms with Crippen LogP contribution in [-0.4, -0.2) is 15.7 Å². The maximum absolute atomic E-state index is 13.1. The molecule has 4 rings (SSSR count). The fourth-order valence-corrected chi connectivity index (χ4v) is 4.67. The molecule has 1 amide bonds. The number of rotatable bonds is 3. The molecule has 2 aliphatic rings. The second-order valence-corrected chi connectivity index (χ2v) is 7.40. The van der Waals surface area contributed by atoms with E-state index >= 15 is 0 Å². The lowest BCUT2D eigenvalue weighted by Crippen LogP contribution is -2.16. The van der Waals surface area contributed by atoms with Crippen LogP contribution in [0.3, 0.4) is 0 Å². The van der Waals surface area contributed by atoms with E-state index in [1.807, 2.05) is 19.1 Å². The maximum atomic E-state index is 13.1. The first kappa shape index (κ1) is 17.2. The number of aromatic nitrogens is 2. The number of carbonyl (C=O) groups excluding carboxylic acids is 1. The number of halogens is 3. The van der Waals surface area contributed by atoms with E-state index in [0.717, 1.165) is 23.4 Å². The molecule has 7 heteroatoms. The third kappa shape index (κ3) is 2.55. The van der Waals surface area contributed by atoms with Crippen LogP contribution in [0.1, 0.15) is 65.2 Å². The Morgan fingerprint density at radius 2 is 2.08 bits per heavy atom. The minimum atomic E-state index is -2.80. The predicted molar refractivity (Wildman–Crippen MR) is 95.8 cm³/mol. The minimum absolute atomic E-state index is 0.104. The number of nitrogens with one attached hydrogen (secondary N) is 1. The number of benzene rings is 1. The Morgan fingerprint density at radius 1 is 1.35 bits per heavy atom. The van der Waals surface area contributed by atoms with E-state index < -0.39 is 18.0 Å². The van der Waals surface area contributed by atoms with Crippen molar-refractivity contribution in [2.24, 2.45) is 7.05 Å². The molecule has 1 heterocycles. The molecule has 2 unspecified atom stereocenters. The minimum Gasteiger partial charge on any atom is -0.322 e. The molecule has 1 fully saturated rings. The highest BCUT2D eigenvalue weighted by Gasteiger charge is 2.43. The lowest BCUT2D eigenvalue weighted by molar-refractivity contribution is 0.101. The smallest absolute Gasteiger partial charge is 0.282 e. The standard InChI is InChI=1S/C19H18ClF2N3O/c1-9(20)15-11-6-7-12(15)16-10(11)4-3-5-14(16)23-19(26)13-8-25(2)24-17(13)18(21)22/h3-5,8,11-12,18H,6-7H2,1-2H3,(H,23,26). The fraction of sp³-hybridized carbons (Fsp3) is 0.368. The monoisotopic (exact) mass is 377 g/mol. The van der Waals surface area contributed by atoms with Crippen LogP contribution in [0.4, 0.5) is 14.5 Å². The second kappa shape index (κ2) is 6.20. The summed E-state index contributed by atoms with van der Waals surface area (Å²) in [5.74, 6) is -0.0930.